The van der Waals surface area contributed by atoms with Crippen LogP contribution in [-0.2, 0) is 16.0 Å². The van der Waals surface area contributed by atoms with E-state index >= 15 is 0 Å². The molecule has 7 nitrogen and oxygen atoms in total. The number of thioether (sulfide) groups is 1. The van der Waals surface area contributed by atoms with Crippen LogP contribution in [0.3, 0.4) is 0 Å². The number of nitrogens with one attached hydrogen (secondary N) is 2. The number of hydrogen-bond donors (Lipinski definition) is 3. The molecule has 3 aromatic rings. The van der Waals surface area contributed by atoms with Gasteiger partial charge in [0.2, 0.25) is 11.8 Å². The summed E-state index contributed by atoms with van der Waals surface area (Å²) in [5.41, 5.74) is 8.41. The topological polar surface area (TPSA) is 114 Å². The molecule has 0 radical (unpaired) electrons. The normalized spacial score (nSPS) is 10.4. The predicted octanol–water partition coefficient (Wildman–Crippen LogP) is 3.46. The highest BCUT2D eigenvalue weighted by Crippen LogP contribution is 2.23. The lowest BCUT2D eigenvalue weighted by molar-refractivity contribution is -0.116. The van der Waals surface area contributed by atoms with E-state index in [1.165, 1.54) is 23.1 Å². The monoisotopic (exact) mass is 440 g/mol. The van der Waals surface area contributed by atoms with Crippen molar-refractivity contribution in [2.75, 3.05) is 16.4 Å². The lowest BCUT2D eigenvalue weighted by Crippen LogP contribution is -2.19. The standard InChI is InChI=1S/C21H20N4O3S2/c1-13-6-8-14(9-7-13)23-19(27)12-30-21-24-15(11-29-21)10-18(26)25-17-5-3-2-4-16(17)20(22)28/h2-9,11H,10,12H2,1H3,(H2,22,28)(H,23,27)(H,25,26). The Morgan fingerprint density at radius 1 is 1.03 bits per heavy atom. The van der Waals surface area contributed by atoms with Crippen LogP contribution in [-0.4, -0.2) is 28.5 Å². The number of benzene rings is 2. The first-order valence-electron chi connectivity index (χ1n) is 9.03. The van der Waals surface area contributed by atoms with Crippen LogP contribution in [0.1, 0.15) is 21.6 Å². The van der Waals surface area contributed by atoms with Crippen molar-refractivity contribution in [3.05, 3.63) is 70.7 Å². The van der Waals surface area contributed by atoms with E-state index in [-0.39, 0.29) is 29.6 Å². The molecule has 0 atom stereocenters. The van der Waals surface area contributed by atoms with E-state index in [1.54, 1.807) is 29.6 Å². The van der Waals surface area contributed by atoms with E-state index < -0.39 is 5.91 Å². The van der Waals surface area contributed by atoms with E-state index in [0.717, 1.165) is 11.3 Å². The number of amides is 3. The SMILES string of the molecule is Cc1ccc(NC(=O)CSc2nc(CC(=O)Nc3ccccc3C(N)=O)cs2)cc1. The van der Waals surface area contributed by atoms with E-state index in [9.17, 15) is 14.4 Å². The van der Waals surface area contributed by atoms with Crippen molar-refractivity contribution in [3.8, 4) is 0 Å². The number of nitrogens with zero attached hydrogens (tertiary/aromatic N) is 1. The van der Waals surface area contributed by atoms with E-state index in [0.29, 0.717) is 15.7 Å². The first kappa shape index (κ1) is 21.5. The first-order chi connectivity index (χ1) is 14.4. The smallest absolute Gasteiger partial charge is 0.250 e. The molecule has 0 unspecified atom stereocenters. The predicted molar refractivity (Wildman–Crippen MR) is 120 cm³/mol. The average Bonchev–Trinajstić information content (AvgIpc) is 3.15. The summed E-state index contributed by atoms with van der Waals surface area (Å²) in [5.74, 6) is -0.815. The molecule has 30 heavy (non-hydrogen) atoms. The number of anilines is 2. The molecule has 0 aliphatic carbocycles. The Bertz CT molecular complexity index is 1060. The highest BCUT2D eigenvalue weighted by molar-refractivity contribution is 8.01. The number of aromatic nitrogens is 1. The van der Waals surface area contributed by atoms with Crippen LogP contribution in [0.25, 0.3) is 0 Å². The van der Waals surface area contributed by atoms with Gasteiger partial charge in [-0.05, 0) is 31.2 Å². The largest absolute Gasteiger partial charge is 0.366 e. The zero-order chi connectivity index (χ0) is 21.5. The summed E-state index contributed by atoms with van der Waals surface area (Å²) in [6.07, 6.45) is 0.0553. The van der Waals surface area contributed by atoms with E-state index in [1.807, 2.05) is 31.2 Å². The Morgan fingerprint density at radius 3 is 2.50 bits per heavy atom. The van der Waals surface area contributed by atoms with Crippen LogP contribution < -0.4 is 16.4 Å². The van der Waals surface area contributed by atoms with Crippen LogP contribution in [0.4, 0.5) is 11.4 Å². The van der Waals surface area contributed by atoms with Gasteiger partial charge in [0.25, 0.3) is 5.91 Å². The minimum Gasteiger partial charge on any atom is -0.366 e. The number of hydrogen-bond acceptors (Lipinski definition) is 6. The van der Waals surface area contributed by atoms with Gasteiger partial charge in [-0.2, -0.15) is 0 Å². The van der Waals surface area contributed by atoms with Crippen LogP contribution in [0, 0.1) is 6.92 Å². The van der Waals surface area contributed by atoms with Gasteiger partial charge in [0.05, 0.1) is 29.1 Å². The fourth-order valence-corrected chi connectivity index (χ4v) is 4.21. The van der Waals surface area contributed by atoms with Gasteiger partial charge in [-0.25, -0.2) is 4.98 Å². The van der Waals surface area contributed by atoms with E-state index in [2.05, 4.69) is 15.6 Å². The summed E-state index contributed by atoms with van der Waals surface area (Å²) < 4.78 is 0.703. The van der Waals surface area contributed by atoms with Crippen molar-refractivity contribution in [1.82, 2.24) is 4.98 Å². The lowest BCUT2D eigenvalue weighted by atomic mass is 10.1. The quantitative estimate of drug-likeness (QED) is 0.464. The Morgan fingerprint density at radius 2 is 1.77 bits per heavy atom. The van der Waals surface area contributed by atoms with Crippen molar-refractivity contribution in [3.63, 3.8) is 0 Å². The Labute approximate surface area is 182 Å². The zero-order valence-corrected chi connectivity index (χ0v) is 17.8. The van der Waals surface area contributed by atoms with Gasteiger partial charge < -0.3 is 16.4 Å². The van der Waals surface area contributed by atoms with Gasteiger partial charge in [0.15, 0.2) is 4.34 Å². The van der Waals surface area contributed by atoms with Crippen LogP contribution in [0.5, 0.6) is 0 Å². The van der Waals surface area contributed by atoms with Gasteiger partial charge in [-0.3, -0.25) is 14.4 Å². The van der Waals surface area contributed by atoms with Crippen LogP contribution >= 0.6 is 23.1 Å². The second kappa shape index (κ2) is 10.0. The Balaban J connectivity index is 1.50. The molecular formula is C21H20N4O3S2. The maximum atomic E-state index is 12.3. The Kier molecular flexibility index (Phi) is 7.21. The third-order valence-electron chi connectivity index (χ3n) is 4.00. The lowest BCUT2D eigenvalue weighted by Gasteiger charge is -2.07. The van der Waals surface area contributed by atoms with Gasteiger partial charge in [-0.15, -0.1) is 11.3 Å². The molecule has 9 heteroatoms. The molecular weight excluding hydrogens is 420 g/mol. The minimum atomic E-state index is -0.609. The molecule has 0 spiro atoms. The second-order valence-electron chi connectivity index (χ2n) is 6.44. The maximum absolute atomic E-state index is 12.3. The van der Waals surface area contributed by atoms with Crippen molar-refractivity contribution < 1.29 is 14.4 Å². The highest BCUT2D eigenvalue weighted by Gasteiger charge is 2.13. The molecule has 0 aliphatic heterocycles. The number of rotatable bonds is 8. The molecule has 0 bridgehead atoms. The maximum Gasteiger partial charge on any atom is 0.250 e. The molecule has 2 aromatic carbocycles. The van der Waals surface area contributed by atoms with Crippen LogP contribution in [0.15, 0.2) is 58.3 Å². The van der Waals surface area contributed by atoms with Crippen molar-refractivity contribution in [2.45, 2.75) is 17.7 Å². The van der Waals surface area contributed by atoms with Gasteiger partial charge >= 0.3 is 0 Å². The number of primary amides is 1. The molecule has 0 saturated heterocycles. The highest BCUT2D eigenvalue weighted by atomic mass is 32.2. The van der Waals surface area contributed by atoms with E-state index in [4.69, 9.17) is 5.73 Å². The average molecular weight is 441 g/mol. The van der Waals surface area contributed by atoms with Crippen LogP contribution in [0.2, 0.25) is 0 Å². The van der Waals surface area contributed by atoms with Crippen molar-refractivity contribution in [1.29, 1.82) is 0 Å². The molecule has 1 heterocycles. The molecule has 0 fully saturated rings. The molecule has 3 rings (SSSR count). The second-order valence-corrected chi connectivity index (χ2v) is 8.52. The molecule has 0 saturated carbocycles. The molecule has 154 valence electrons. The number of nitrogens with two attached hydrogens (primary N) is 1. The van der Waals surface area contributed by atoms with Crippen molar-refractivity contribution in [2.24, 2.45) is 5.73 Å². The molecule has 3 amide bonds. The summed E-state index contributed by atoms with van der Waals surface area (Å²) in [7, 11) is 0. The summed E-state index contributed by atoms with van der Waals surface area (Å²) in [4.78, 5) is 40.2. The third-order valence-corrected chi connectivity index (χ3v) is 6.07. The fraction of sp³-hybridized carbons (Fsp3) is 0.143. The molecule has 1 aromatic heterocycles. The Hall–Kier alpha value is -3.17. The van der Waals surface area contributed by atoms with Crippen molar-refractivity contribution >= 4 is 52.2 Å². The number of carbonyl (C=O) groups is 3. The third kappa shape index (κ3) is 6.16. The summed E-state index contributed by atoms with van der Waals surface area (Å²) in [5, 5.41) is 7.30. The van der Waals surface area contributed by atoms with Gasteiger partial charge in [0, 0.05) is 11.1 Å². The number of para-hydroxylation sites is 1. The summed E-state index contributed by atoms with van der Waals surface area (Å²) in [6, 6.07) is 14.1. The molecule has 0 aliphatic rings. The zero-order valence-electron chi connectivity index (χ0n) is 16.2. The fourth-order valence-electron chi connectivity index (χ4n) is 2.56. The van der Waals surface area contributed by atoms with Gasteiger partial charge in [0.1, 0.15) is 0 Å². The minimum absolute atomic E-state index is 0.0553. The number of thiazole rings is 1. The number of aryl methyl sites for hydroxylation is 1. The summed E-state index contributed by atoms with van der Waals surface area (Å²) >= 11 is 2.69. The molecule has 4 N–H and O–H groups in total. The summed E-state index contributed by atoms with van der Waals surface area (Å²) in [6.45, 7) is 1.98. The first-order valence-corrected chi connectivity index (χ1v) is 10.9. The number of carbonyl (C=O) groups excluding carboxylic acids is 3. The van der Waals surface area contributed by atoms with Gasteiger partial charge in [-0.1, -0.05) is 41.6 Å².